The monoisotopic (exact) mass is 397 g/mol. The fourth-order valence-corrected chi connectivity index (χ4v) is 4.81. The first-order chi connectivity index (χ1) is 12.0. The van der Waals surface area contributed by atoms with Gasteiger partial charge in [-0.1, -0.05) is 35.8 Å². The number of hydrogen-bond acceptors (Lipinski definition) is 2. The van der Waals surface area contributed by atoms with Gasteiger partial charge in [-0.3, -0.25) is 0 Å². The number of nitrogens with zero attached hydrogens (tertiary/aromatic N) is 3. The zero-order valence-electron chi connectivity index (χ0n) is 15.4. The summed E-state index contributed by atoms with van der Waals surface area (Å²) in [7, 11) is 0. The van der Waals surface area contributed by atoms with Crippen molar-refractivity contribution < 1.29 is 0 Å². The molecule has 0 saturated carbocycles. The summed E-state index contributed by atoms with van der Waals surface area (Å²) in [6.07, 6.45) is 4.18. The highest BCUT2D eigenvalue weighted by Crippen LogP contribution is 2.39. The Morgan fingerprint density at radius 1 is 1.16 bits per heavy atom. The minimum atomic E-state index is 0.349. The van der Waals surface area contributed by atoms with E-state index in [0.717, 1.165) is 52.8 Å². The third-order valence-electron chi connectivity index (χ3n) is 5.61. The van der Waals surface area contributed by atoms with Crippen LogP contribution in [0, 0.1) is 13.8 Å². The van der Waals surface area contributed by atoms with E-state index in [1.165, 1.54) is 22.3 Å². The van der Waals surface area contributed by atoms with Gasteiger partial charge in [0, 0.05) is 16.6 Å². The van der Waals surface area contributed by atoms with Crippen LogP contribution in [0.3, 0.4) is 0 Å². The van der Waals surface area contributed by atoms with E-state index in [2.05, 4.69) is 66.4 Å². The van der Waals surface area contributed by atoms with E-state index in [0.29, 0.717) is 6.04 Å². The van der Waals surface area contributed by atoms with Crippen LogP contribution < -0.4 is 0 Å². The zero-order chi connectivity index (χ0) is 17.7. The maximum absolute atomic E-state index is 5.01. The lowest BCUT2D eigenvalue weighted by Crippen LogP contribution is -2.12. The summed E-state index contributed by atoms with van der Waals surface area (Å²) in [5, 5.41) is 0. The highest BCUT2D eigenvalue weighted by atomic mass is 79.9. The Balaban J connectivity index is 1.97. The molecule has 0 fully saturated rings. The van der Waals surface area contributed by atoms with E-state index in [1.54, 1.807) is 0 Å². The molecule has 1 atom stereocenters. The standard InChI is InChI=1S/C21H24BrN3/c1-5-16-12(3)20-21(23-13(16)4)25(19(6-2)24-20)18-10-7-14-11-15(22)8-9-17(14)18/h8-9,11,18H,5-7,10H2,1-4H3/t18-/m0/s1. The summed E-state index contributed by atoms with van der Waals surface area (Å²) in [5.41, 5.74) is 8.80. The zero-order valence-corrected chi connectivity index (χ0v) is 16.9. The van der Waals surface area contributed by atoms with E-state index in [1.807, 2.05) is 0 Å². The van der Waals surface area contributed by atoms with Crippen molar-refractivity contribution >= 4 is 27.1 Å². The Bertz CT molecular complexity index is 971. The first-order valence-corrected chi connectivity index (χ1v) is 9.99. The van der Waals surface area contributed by atoms with Crippen LogP contribution in [-0.4, -0.2) is 14.5 Å². The molecule has 0 aliphatic heterocycles. The summed E-state index contributed by atoms with van der Waals surface area (Å²) < 4.78 is 3.57. The van der Waals surface area contributed by atoms with Crippen LogP contribution >= 0.6 is 15.9 Å². The van der Waals surface area contributed by atoms with E-state index in [4.69, 9.17) is 9.97 Å². The molecule has 25 heavy (non-hydrogen) atoms. The van der Waals surface area contributed by atoms with Crippen LogP contribution in [0.4, 0.5) is 0 Å². The van der Waals surface area contributed by atoms with Crippen LogP contribution in [0.5, 0.6) is 0 Å². The van der Waals surface area contributed by atoms with E-state index < -0.39 is 0 Å². The van der Waals surface area contributed by atoms with Crippen molar-refractivity contribution in [3.63, 3.8) is 0 Å². The molecule has 4 rings (SSSR count). The molecule has 2 heterocycles. The van der Waals surface area contributed by atoms with Gasteiger partial charge in [-0.05, 0) is 67.5 Å². The Hall–Kier alpha value is -1.68. The van der Waals surface area contributed by atoms with Crippen molar-refractivity contribution in [2.45, 2.75) is 59.4 Å². The van der Waals surface area contributed by atoms with E-state index >= 15 is 0 Å². The van der Waals surface area contributed by atoms with Gasteiger partial charge in [0.25, 0.3) is 0 Å². The molecular weight excluding hydrogens is 374 g/mol. The Morgan fingerprint density at radius 2 is 1.96 bits per heavy atom. The molecule has 0 unspecified atom stereocenters. The van der Waals surface area contributed by atoms with Gasteiger partial charge in [-0.2, -0.15) is 0 Å². The van der Waals surface area contributed by atoms with Crippen LogP contribution in [0.1, 0.15) is 60.1 Å². The van der Waals surface area contributed by atoms with Gasteiger partial charge < -0.3 is 4.57 Å². The van der Waals surface area contributed by atoms with Gasteiger partial charge in [-0.25, -0.2) is 9.97 Å². The van der Waals surface area contributed by atoms with Crippen LogP contribution in [0.2, 0.25) is 0 Å². The minimum absolute atomic E-state index is 0.349. The largest absolute Gasteiger partial charge is 0.305 e. The number of hydrogen-bond donors (Lipinski definition) is 0. The number of halogens is 1. The smallest absolute Gasteiger partial charge is 0.161 e. The number of aryl methyl sites for hydroxylation is 4. The number of imidazole rings is 1. The topological polar surface area (TPSA) is 30.7 Å². The summed E-state index contributed by atoms with van der Waals surface area (Å²) in [6.45, 7) is 8.73. The predicted octanol–water partition coefficient (Wildman–Crippen LogP) is 5.47. The molecule has 0 saturated heterocycles. The molecule has 0 amide bonds. The lowest BCUT2D eigenvalue weighted by atomic mass is 10.0. The highest BCUT2D eigenvalue weighted by Gasteiger charge is 2.28. The second-order valence-electron chi connectivity index (χ2n) is 6.98. The molecule has 0 bridgehead atoms. The van der Waals surface area contributed by atoms with Crippen LogP contribution in [0.25, 0.3) is 11.2 Å². The van der Waals surface area contributed by atoms with Crippen molar-refractivity contribution in [3.8, 4) is 0 Å². The lowest BCUT2D eigenvalue weighted by molar-refractivity contribution is 0.566. The van der Waals surface area contributed by atoms with Gasteiger partial charge in [0.15, 0.2) is 5.65 Å². The van der Waals surface area contributed by atoms with Crippen LogP contribution in [0.15, 0.2) is 22.7 Å². The molecule has 0 spiro atoms. The maximum Gasteiger partial charge on any atom is 0.161 e. The molecule has 3 aromatic rings. The number of fused-ring (bicyclic) bond motifs is 2. The summed E-state index contributed by atoms with van der Waals surface area (Å²) >= 11 is 3.60. The molecule has 1 aliphatic rings. The molecular formula is C21H24BrN3. The molecule has 2 aromatic heterocycles. The Labute approximate surface area is 157 Å². The second-order valence-corrected chi connectivity index (χ2v) is 7.89. The average molecular weight is 398 g/mol. The molecule has 0 radical (unpaired) electrons. The van der Waals surface area contributed by atoms with Crippen molar-refractivity contribution in [2.75, 3.05) is 0 Å². The Morgan fingerprint density at radius 3 is 2.68 bits per heavy atom. The van der Waals surface area contributed by atoms with Crippen molar-refractivity contribution in [3.05, 3.63) is 56.4 Å². The van der Waals surface area contributed by atoms with Crippen molar-refractivity contribution in [2.24, 2.45) is 0 Å². The molecule has 1 aromatic carbocycles. The first kappa shape index (κ1) is 16.8. The molecule has 130 valence electrons. The number of pyridine rings is 1. The van der Waals surface area contributed by atoms with Crippen molar-refractivity contribution in [1.82, 2.24) is 14.5 Å². The first-order valence-electron chi connectivity index (χ1n) is 9.20. The van der Waals surface area contributed by atoms with Crippen molar-refractivity contribution in [1.29, 1.82) is 0 Å². The van der Waals surface area contributed by atoms with Gasteiger partial charge in [0.05, 0.1) is 6.04 Å². The maximum atomic E-state index is 5.01. The quantitative estimate of drug-likeness (QED) is 0.586. The fraction of sp³-hybridized carbons (Fsp3) is 0.429. The van der Waals surface area contributed by atoms with E-state index in [9.17, 15) is 0 Å². The molecule has 1 aliphatic carbocycles. The molecule has 3 nitrogen and oxygen atoms in total. The highest BCUT2D eigenvalue weighted by molar-refractivity contribution is 9.10. The normalized spacial score (nSPS) is 16.6. The van der Waals surface area contributed by atoms with Gasteiger partial charge >= 0.3 is 0 Å². The third kappa shape index (κ3) is 2.53. The van der Waals surface area contributed by atoms with Gasteiger partial charge in [-0.15, -0.1) is 0 Å². The van der Waals surface area contributed by atoms with E-state index in [-0.39, 0.29) is 0 Å². The summed E-state index contributed by atoms with van der Waals surface area (Å²) in [4.78, 5) is 10.0. The number of aromatic nitrogens is 3. The average Bonchev–Trinajstić information content (AvgIpc) is 3.15. The van der Waals surface area contributed by atoms with Gasteiger partial charge in [0.2, 0.25) is 0 Å². The van der Waals surface area contributed by atoms with Gasteiger partial charge in [0.1, 0.15) is 11.3 Å². The Kier molecular flexibility index (Phi) is 4.19. The number of benzene rings is 1. The third-order valence-corrected chi connectivity index (χ3v) is 6.10. The summed E-state index contributed by atoms with van der Waals surface area (Å²) in [6, 6.07) is 7.03. The minimum Gasteiger partial charge on any atom is -0.305 e. The summed E-state index contributed by atoms with van der Waals surface area (Å²) in [5.74, 6) is 1.15. The predicted molar refractivity (Wildman–Crippen MR) is 106 cm³/mol. The second kappa shape index (κ2) is 6.24. The molecule has 4 heteroatoms. The number of rotatable bonds is 3. The molecule has 0 N–H and O–H groups in total. The fourth-order valence-electron chi connectivity index (χ4n) is 4.40. The lowest BCUT2D eigenvalue weighted by Gasteiger charge is -2.18. The SMILES string of the molecule is CCc1c(C)nc2c(nc(CC)n2[C@H]2CCc3cc(Br)ccc32)c1C. The van der Waals surface area contributed by atoms with Crippen LogP contribution in [-0.2, 0) is 19.3 Å².